The summed E-state index contributed by atoms with van der Waals surface area (Å²) in [6, 6.07) is -1.50. The Balaban J connectivity index is 4.44. The third kappa shape index (κ3) is 16.4. The van der Waals surface area contributed by atoms with Gasteiger partial charge in [-0.3, -0.25) is 33.8 Å². The van der Waals surface area contributed by atoms with Crippen LogP contribution in [-0.2, 0) is 33.6 Å². The van der Waals surface area contributed by atoms with Crippen LogP contribution in [0.15, 0.2) is 4.99 Å². The SMILES string of the molecule is CC(=O)CNC(=O)CNC(=O)CNC(=O)CC[C@H](NC(=O)CC[C@H](C=NC(C)C)C(=O)O)C(=O)O. The zero-order valence-electron chi connectivity index (χ0n) is 20.0. The van der Waals surface area contributed by atoms with Crippen LogP contribution in [0, 0.1) is 5.92 Å². The zero-order chi connectivity index (χ0) is 27.0. The molecule has 0 saturated heterocycles. The van der Waals surface area contributed by atoms with Crippen LogP contribution in [0.2, 0.25) is 0 Å². The highest BCUT2D eigenvalue weighted by Crippen LogP contribution is 2.07. The van der Waals surface area contributed by atoms with Gasteiger partial charge in [-0.15, -0.1) is 0 Å². The summed E-state index contributed by atoms with van der Waals surface area (Å²) in [5, 5.41) is 27.5. The molecule has 0 aliphatic heterocycles. The monoisotopic (exact) mass is 499 g/mol. The first kappa shape index (κ1) is 31.2. The molecule has 0 aromatic carbocycles. The third-order valence-corrected chi connectivity index (χ3v) is 4.28. The molecule has 6 N–H and O–H groups in total. The minimum atomic E-state index is -1.39. The molecule has 0 bridgehead atoms. The molecule has 0 aromatic rings. The lowest BCUT2D eigenvalue weighted by Crippen LogP contribution is -2.44. The van der Waals surface area contributed by atoms with Crippen molar-refractivity contribution >= 4 is 47.6 Å². The van der Waals surface area contributed by atoms with Gasteiger partial charge in [-0.2, -0.15) is 0 Å². The Hall–Kier alpha value is -3.84. The summed E-state index contributed by atoms with van der Waals surface area (Å²) in [7, 11) is 0. The molecular weight excluding hydrogens is 466 g/mol. The molecule has 0 saturated carbocycles. The van der Waals surface area contributed by atoms with Gasteiger partial charge in [-0.05, 0) is 33.6 Å². The molecule has 196 valence electrons. The smallest absolute Gasteiger partial charge is 0.326 e. The minimum Gasteiger partial charge on any atom is -0.481 e. The molecule has 0 spiro atoms. The highest BCUT2D eigenvalue weighted by atomic mass is 16.4. The number of carbonyl (C=O) groups is 7. The fraction of sp³-hybridized carbons (Fsp3) is 0.619. The van der Waals surface area contributed by atoms with Gasteiger partial charge in [0.05, 0.1) is 25.6 Å². The molecular formula is C21H33N5O9. The number of carboxylic acids is 2. The summed E-state index contributed by atoms with van der Waals surface area (Å²) < 4.78 is 0. The summed E-state index contributed by atoms with van der Waals surface area (Å²) in [5.41, 5.74) is 0. The Morgan fingerprint density at radius 2 is 1.26 bits per heavy atom. The number of rotatable bonds is 17. The molecule has 0 aliphatic rings. The number of hydrogen-bond donors (Lipinski definition) is 6. The molecule has 0 rings (SSSR count). The number of amides is 4. The van der Waals surface area contributed by atoms with Crippen LogP contribution in [-0.4, -0.2) is 89.5 Å². The van der Waals surface area contributed by atoms with Crippen LogP contribution >= 0.6 is 0 Å². The van der Waals surface area contributed by atoms with E-state index in [0.29, 0.717) is 0 Å². The van der Waals surface area contributed by atoms with Gasteiger partial charge in [0, 0.05) is 25.1 Å². The normalized spacial score (nSPS) is 12.5. The highest BCUT2D eigenvalue weighted by Gasteiger charge is 2.23. The summed E-state index contributed by atoms with van der Waals surface area (Å²) in [6.07, 6.45) is 0.332. The maximum Gasteiger partial charge on any atom is 0.326 e. The first-order valence-corrected chi connectivity index (χ1v) is 10.9. The number of Topliss-reactive ketones (excluding diaryl/α,β-unsaturated/α-hetero) is 1. The average Bonchev–Trinajstić information content (AvgIpc) is 2.76. The third-order valence-electron chi connectivity index (χ3n) is 4.28. The molecule has 14 heteroatoms. The number of carbonyl (C=O) groups excluding carboxylic acids is 5. The predicted octanol–water partition coefficient (Wildman–Crippen LogP) is -1.77. The predicted molar refractivity (Wildman–Crippen MR) is 122 cm³/mol. The second kappa shape index (κ2) is 16.7. The number of hydrogen-bond acceptors (Lipinski definition) is 8. The topological polar surface area (TPSA) is 220 Å². The first-order valence-electron chi connectivity index (χ1n) is 10.9. The lowest BCUT2D eigenvalue weighted by molar-refractivity contribution is -0.143. The number of aliphatic carboxylic acids is 2. The standard InChI is InChI=1S/C21H33N5O9/c1-12(2)22-9-14(20(32)33)4-6-17(29)26-15(21(34)35)5-7-16(28)24-10-19(31)25-11-18(30)23-8-13(3)27/h9,12,14-15H,4-8,10-11H2,1-3H3,(H,23,30)(H,24,28)(H,25,31)(H,26,29)(H,32,33)(H,34,35)/t14-,15+/m1/s1. The van der Waals surface area contributed by atoms with Gasteiger partial charge in [0.1, 0.15) is 11.8 Å². The van der Waals surface area contributed by atoms with Crippen molar-refractivity contribution in [2.45, 2.75) is 58.5 Å². The second-order valence-electron chi connectivity index (χ2n) is 7.90. The van der Waals surface area contributed by atoms with Crippen LogP contribution < -0.4 is 21.3 Å². The molecule has 0 radical (unpaired) electrons. The number of aliphatic imine (C=N–C) groups is 1. The van der Waals surface area contributed by atoms with Gasteiger partial charge in [-0.1, -0.05) is 0 Å². The fourth-order valence-electron chi connectivity index (χ4n) is 2.42. The molecule has 14 nitrogen and oxygen atoms in total. The Bertz CT molecular complexity index is 826. The molecule has 2 atom stereocenters. The molecule has 0 heterocycles. The summed E-state index contributed by atoms with van der Waals surface area (Å²) in [5.74, 6) is -6.39. The fourth-order valence-corrected chi connectivity index (χ4v) is 2.42. The first-order chi connectivity index (χ1) is 16.3. The van der Waals surface area contributed by atoms with Gasteiger partial charge >= 0.3 is 11.9 Å². The van der Waals surface area contributed by atoms with Crippen molar-refractivity contribution in [1.82, 2.24) is 21.3 Å². The van der Waals surface area contributed by atoms with Crippen LogP contribution in [0.5, 0.6) is 0 Å². The van der Waals surface area contributed by atoms with E-state index < -0.39 is 54.1 Å². The van der Waals surface area contributed by atoms with Crippen LogP contribution in [0.1, 0.15) is 46.5 Å². The van der Waals surface area contributed by atoms with E-state index in [1.807, 2.05) is 0 Å². The quantitative estimate of drug-likeness (QED) is 0.125. The van der Waals surface area contributed by atoms with Gasteiger partial charge in [0.2, 0.25) is 23.6 Å². The lowest BCUT2D eigenvalue weighted by atomic mass is 10.0. The van der Waals surface area contributed by atoms with Crippen LogP contribution in [0.3, 0.4) is 0 Å². The van der Waals surface area contributed by atoms with Gasteiger partial charge < -0.3 is 31.5 Å². The second-order valence-corrected chi connectivity index (χ2v) is 7.90. The van der Waals surface area contributed by atoms with E-state index in [1.54, 1.807) is 13.8 Å². The number of nitrogens with zero attached hydrogens (tertiary/aromatic N) is 1. The Kier molecular flexibility index (Phi) is 14.9. The largest absolute Gasteiger partial charge is 0.481 e. The Morgan fingerprint density at radius 3 is 1.74 bits per heavy atom. The van der Waals surface area contributed by atoms with E-state index in [4.69, 9.17) is 0 Å². The van der Waals surface area contributed by atoms with Crippen molar-refractivity contribution in [1.29, 1.82) is 0 Å². The van der Waals surface area contributed by atoms with Crippen molar-refractivity contribution in [2.75, 3.05) is 19.6 Å². The Labute approximate surface area is 202 Å². The van der Waals surface area contributed by atoms with Gasteiger partial charge in [0.15, 0.2) is 0 Å². The number of nitrogens with one attached hydrogen (secondary N) is 4. The van der Waals surface area contributed by atoms with Gasteiger partial charge in [0.25, 0.3) is 0 Å². The summed E-state index contributed by atoms with van der Waals surface area (Å²) >= 11 is 0. The van der Waals surface area contributed by atoms with E-state index in [-0.39, 0.29) is 50.6 Å². The number of ketones is 1. The molecule has 4 amide bonds. The molecule has 0 aliphatic carbocycles. The number of carboxylic acid groups (broad SMARTS) is 2. The maximum atomic E-state index is 12.1. The van der Waals surface area contributed by atoms with E-state index in [9.17, 15) is 43.8 Å². The Morgan fingerprint density at radius 1 is 0.743 bits per heavy atom. The van der Waals surface area contributed by atoms with Crippen LogP contribution in [0.4, 0.5) is 0 Å². The van der Waals surface area contributed by atoms with Crippen molar-refractivity contribution in [3.8, 4) is 0 Å². The van der Waals surface area contributed by atoms with E-state index in [0.717, 1.165) is 0 Å². The van der Waals surface area contributed by atoms with E-state index in [1.165, 1.54) is 13.1 Å². The average molecular weight is 500 g/mol. The van der Waals surface area contributed by atoms with Crippen LogP contribution in [0.25, 0.3) is 0 Å². The maximum absolute atomic E-state index is 12.1. The van der Waals surface area contributed by atoms with Crippen molar-refractivity contribution in [2.24, 2.45) is 10.9 Å². The highest BCUT2D eigenvalue weighted by molar-refractivity contribution is 5.91. The minimum absolute atomic E-state index is 0.0773. The molecule has 35 heavy (non-hydrogen) atoms. The zero-order valence-corrected chi connectivity index (χ0v) is 20.0. The van der Waals surface area contributed by atoms with Crippen molar-refractivity contribution in [3.05, 3.63) is 0 Å². The van der Waals surface area contributed by atoms with E-state index >= 15 is 0 Å². The van der Waals surface area contributed by atoms with Gasteiger partial charge in [-0.25, -0.2) is 4.79 Å². The summed E-state index contributed by atoms with van der Waals surface area (Å²) in [4.78, 5) is 84.4. The van der Waals surface area contributed by atoms with E-state index in [2.05, 4.69) is 26.3 Å². The summed E-state index contributed by atoms with van der Waals surface area (Å²) in [6.45, 7) is 3.80. The van der Waals surface area contributed by atoms with Crippen molar-refractivity contribution in [3.63, 3.8) is 0 Å². The van der Waals surface area contributed by atoms with Crippen molar-refractivity contribution < 1.29 is 43.8 Å². The lowest BCUT2D eigenvalue weighted by Gasteiger charge is -2.15. The molecule has 0 unspecified atom stereocenters. The molecule has 0 aromatic heterocycles. The molecule has 0 fully saturated rings.